The van der Waals surface area contributed by atoms with Crippen LogP contribution in [0.15, 0.2) is 24.3 Å². The summed E-state index contributed by atoms with van der Waals surface area (Å²) in [6.07, 6.45) is 0. The fraction of sp³-hybridized carbons (Fsp3) is 0.143. The number of alkyl halides is 2. The first-order valence-corrected chi connectivity index (χ1v) is 4.22. The Morgan fingerprint density at radius 3 is 2.58 bits per heavy atom. The Balaban J connectivity index is 2.82. The van der Waals surface area contributed by atoms with Gasteiger partial charge < -0.3 is 8.27 Å². The van der Waals surface area contributed by atoms with Gasteiger partial charge in [-0.15, -0.1) is 0 Å². The van der Waals surface area contributed by atoms with Crippen LogP contribution in [0.1, 0.15) is 0 Å². The van der Waals surface area contributed by atoms with Crippen molar-refractivity contribution in [3.63, 3.8) is 0 Å². The molecule has 0 unspecified atom stereocenters. The van der Waals surface area contributed by atoms with Crippen molar-refractivity contribution in [3.8, 4) is 5.75 Å². The Bertz CT molecular complexity index is 257. The summed E-state index contributed by atoms with van der Waals surface area (Å²) in [4.78, 5) is 0. The minimum atomic E-state index is -2.78. The van der Waals surface area contributed by atoms with Gasteiger partial charge in [-0.1, -0.05) is 12.1 Å². The molecule has 0 aromatic heterocycles. The van der Waals surface area contributed by atoms with E-state index in [1.54, 1.807) is 18.2 Å². The van der Waals surface area contributed by atoms with Crippen LogP contribution >= 0.6 is 22.9 Å². The minimum absolute atomic E-state index is 0.155. The van der Waals surface area contributed by atoms with Crippen molar-refractivity contribution in [1.29, 1.82) is 0 Å². The molecule has 0 saturated carbocycles. The molecule has 1 aromatic rings. The number of ether oxygens (including phenoxy) is 1. The Hall–Kier alpha value is -0.590. The number of halogens is 3. The second-order valence-corrected chi connectivity index (χ2v) is 2.51. The van der Waals surface area contributed by atoms with E-state index in [0.29, 0.717) is 5.69 Å². The minimum Gasteiger partial charge on any atom is -0.433 e. The highest BCUT2D eigenvalue weighted by molar-refractivity contribution is 14.1. The van der Waals surface area contributed by atoms with Crippen molar-refractivity contribution >= 4 is 28.6 Å². The molecule has 0 aliphatic rings. The van der Waals surface area contributed by atoms with Crippen molar-refractivity contribution in [2.75, 3.05) is 3.53 Å². The van der Waals surface area contributed by atoms with Gasteiger partial charge in [0, 0.05) is 0 Å². The molecule has 0 atom stereocenters. The Kier molecular flexibility index (Phi) is 3.51. The van der Waals surface area contributed by atoms with Gasteiger partial charge >= 0.3 is 6.61 Å². The fourth-order valence-corrected chi connectivity index (χ4v) is 1.19. The van der Waals surface area contributed by atoms with Crippen molar-refractivity contribution < 1.29 is 13.5 Å². The van der Waals surface area contributed by atoms with Crippen molar-refractivity contribution in [2.24, 2.45) is 0 Å². The second kappa shape index (κ2) is 4.44. The lowest BCUT2D eigenvalue weighted by Gasteiger charge is -2.07. The maximum atomic E-state index is 11.8. The van der Waals surface area contributed by atoms with Gasteiger partial charge in [-0.05, 0) is 12.1 Å². The molecule has 5 heteroatoms. The van der Waals surface area contributed by atoms with Crippen molar-refractivity contribution in [3.05, 3.63) is 24.3 Å². The zero-order valence-corrected chi connectivity index (χ0v) is 8.09. The van der Waals surface area contributed by atoms with Crippen molar-refractivity contribution in [1.82, 2.24) is 0 Å². The standard InChI is InChI=1S/C7H6F2INO/c8-7(9)12-6-4-2-1-3-5(6)11-10/h1-4,7,11H. The van der Waals surface area contributed by atoms with E-state index in [-0.39, 0.29) is 5.75 Å². The van der Waals surface area contributed by atoms with Gasteiger partial charge in [0.2, 0.25) is 0 Å². The van der Waals surface area contributed by atoms with Crippen LogP contribution in [-0.2, 0) is 0 Å². The maximum absolute atomic E-state index is 11.8. The topological polar surface area (TPSA) is 21.3 Å². The van der Waals surface area contributed by atoms with Gasteiger partial charge in [0.1, 0.15) is 5.75 Å². The number of benzene rings is 1. The summed E-state index contributed by atoms with van der Waals surface area (Å²) in [6, 6.07) is 6.51. The van der Waals surface area contributed by atoms with E-state index in [1.165, 1.54) is 6.07 Å². The lowest BCUT2D eigenvalue weighted by atomic mass is 10.3. The van der Waals surface area contributed by atoms with Crippen LogP contribution in [0.2, 0.25) is 0 Å². The van der Waals surface area contributed by atoms with E-state index >= 15 is 0 Å². The van der Waals surface area contributed by atoms with Gasteiger partial charge in [0.25, 0.3) is 0 Å². The third-order valence-electron chi connectivity index (χ3n) is 1.20. The maximum Gasteiger partial charge on any atom is 0.387 e. The van der Waals surface area contributed by atoms with Crippen LogP contribution in [0.5, 0.6) is 5.75 Å². The normalized spacial score (nSPS) is 10.0. The molecule has 0 aliphatic heterocycles. The van der Waals surface area contributed by atoms with Crippen LogP contribution in [0.25, 0.3) is 0 Å². The zero-order chi connectivity index (χ0) is 8.97. The molecule has 0 radical (unpaired) electrons. The molecular formula is C7H6F2INO. The first-order chi connectivity index (χ1) is 5.74. The molecule has 1 aromatic carbocycles. The summed E-state index contributed by atoms with van der Waals surface area (Å²) in [6.45, 7) is -2.78. The van der Waals surface area contributed by atoms with Gasteiger partial charge in [-0.2, -0.15) is 8.78 Å². The highest BCUT2D eigenvalue weighted by Gasteiger charge is 2.07. The molecular weight excluding hydrogens is 279 g/mol. The van der Waals surface area contributed by atoms with E-state index < -0.39 is 6.61 Å². The first kappa shape index (κ1) is 9.50. The summed E-state index contributed by atoms with van der Waals surface area (Å²) in [5, 5.41) is 0. The Labute approximate surface area is 82.4 Å². The smallest absolute Gasteiger partial charge is 0.387 e. The van der Waals surface area contributed by atoms with Crippen LogP contribution < -0.4 is 8.27 Å². The number of hydrogen-bond donors (Lipinski definition) is 1. The fourth-order valence-electron chi connectivity index (χ4n) is 0.743. The lowest BCUT2D eigenvalue weighted by Crippen LogP contribution is -2.02. The molecule has 1 N–H and O–H groups in total. The quantitative estimate of drug-likeness (QED) is 0.680. The SMILES string of the molecule is FC(F)Oc1ccccc1NI. The van der Waals surface area contributed by atoms with E-state index in [1.807, 2.05) is 22.9 Å². The van der Waals surface area contributed by atoms with Crippen molar-refractivity contribution in [2.45, 2.75) is 6.61 Å². The molecule has 66 valence electrons. The summed E-state index contributed by atoms with van der Waals surface area (Å²) in [5.74, 6) is 0.155. The first-order valence-electron chi connectivity index (χ1n) is 3.14. The average molecular weight is 285 g/mol. The summed E-state index contributed by atoms with van der Waals surface area (Å²) < 4.78 is 30.5. The number of anilines is 1. The third-order valence-corrected chi connectivity index (χ3v) is 1.79. The number of hydrogen-bond acceptors (Lipinski definition) is 2. The second-order valence-electron chi connectivity index (χ2n) is 1.97. The summed E-state index contributed by atoms with van der Waals surface area (Å²) in [5.41, 5.74) is 0.540. The average Bonchev–Trinajstić information content (AvgIpc) is 2.04. The summed E-state index contributed by atoms with van der Waals surface area (Å²) in [7, 11) is 0. The Morgan fingerprint density at radius 2 is 2.00 bits per heavy atom. The van der Waals surface area contributed by atoms with E-state index in [4.69, 9.17) is 0 Å². The van der Waals surface area contributed by atoms with Gasteiger partial charge in [-0.3, -0.25) is 0 Å². The molecule has 1 rings (SSSR count). The van der Waals surface area contributed by atoms with Crippen LogP contribution in [0.4, 0.5) is 14.5 Å². The molecule has 0 spiro atoms. The number of nitrogens with one attached hydrogen (secondary N) is 1. The highest BCUT2D eigenvalue weighted by atomic mass is 127. The number of para-hydroxylation sites is 2. The Morgan fingerprint density at radius 1 is 1.33 bits per heavy atom. The summed E-state index contributed by atoms with van der Waals surface area (Å²) >= 11 is 1.85. The molecule has 12 heavy (non-hydrogen) atoms. The van der Waals surface area contributed by atoms with Crippen LogP contribution in [-0.4, -0.2) is 6.61 Å². The molecule has 0 fully saturated rings. The molecule has 0 aliphatic carbocycles. The zero-order valence-electron chi connectivity index (χ0n) is 5.93. The van der Waals surface area contributed by atoms with Crippen LogP contribution in [0, 0.1) is 0 Å². The monoisotopic (exact) mass is 285 g/mol. The predicted octanol–water partition coefficient (Wildman–Crippen LogP) is 3.05. The molecule has 0 heterocycles. The number of rotatable bonds is 3. The van der Waals surface area contributed by atoms with Gasteiger partial charge in [0.15, 0.2) is 0 Å². The molecule has 0 saturated heterocycles. The highest BCUT2D eigenvalue weighted by Crippen LogP contribution is 2.26. The van der Waals surface area contributed by atoms with E-state index in [2.05, 4.69) is 8.27 Å². The van der Waals surface area contributed by atoms with E-state index in [0.717, 1.165) is 0 Å². The largest absolute Gasteiger partial charge is 0.433 e. The van der Waals surface area contributed by atoms with Crippen LogP contribution in [0.3, 0.4) is 0 Å². The third kappa shape index (κ3) is 2.47. The molecule has 0 bridgehead atoms. The van der Waals surface area contributed by atoms with Gasteiger partial charge in [-0.25, -0.2) is 0 Å². The predicted molar refractivity (Wildman–Crippen MR) is 50.7 cm³/mol. The van der Waals surface area contributed by atoms with Gasteiger partial charge in [0.05, 0.1) is 28.6 Å². The lowest BCUT2D eigenvalue weighted by molar-refractivity contribution is -0.0493. The molecule has 0 amide bonds. The van der Waals surface area contributed by atoms with E-state index in [9.17, 15) is 8.78 Å². The molecule has 2 nitrogen and oxygen atoms in total.